The zero-order chi connectivity index (χ0) is 11.4. The average Bonchev–Trinajstić information content (AvgIpc) is 2.60. The lowest BCUT2D eigenvalue weighted by molar-refractivity contribution is -0.126. The van der Waals surface area contributed by atoms with Crippen molar-refractivity contribution in [1.82, 2.24) is 5.32 Å². The van der Waals surface area contributed by atoms with Gasteiger partial charge in [0.05, 0.1) is 17.4 Å². The second-order valence-electron chi connectivity index (χ2n) is 4.48. The number of amides is 1. The summed E-state index contributed by atoms with van der Waals surface area (Å²) in [5.41, 5.74) is 0. The normalized spacial score (nSPS) is 28.1. The predicted molar refractivity (Wildman–Crippen MR) is 61.0 cm³/mol. The summed E-state index contributed by atoms with van der Waals surface area (Å²) in [4.78, 5) is 11.7. The van der Waals surface area contributed by atoms with Crippen molar-refractivity contribution in [3.8, 4) is 0 Å². The highest BCUT2D eigenvalue weighted by molar-refractivity contribution is 6.21. The molecule has 3 unspecified atom stereocenters. The van der Waals surface area contributed by atoms with Crippen LogP contribution in [-0.4, -0.2) is 30.5 Å². The molecule has 1 N–H and O–H groups in total. The fraction of sp³-hybridized carbons (Fsp3) is 0.909. The van der Waals surface area contributed by atoms with E-state index in [0.717, 1.165) is 6.42 Å². The maximum Gasteiger partial charge on any atom is 0.225 e. The Morgan fingerprint density at radius 2 is 2.27 bits per heavy atom. The van der Waals surface area contributed by atoms with Crippen molar-refractivity contribution in [2.45, 2.75) is 38.7 Å². The molecule has 0 aliphatic carbocycles. The van der Waals surface area contributed by atoms with Crippen LogP contribution < -0.4 is 5.32 Å². The van der Waals surface area contributed by atoms with Gasteiger partial charge in [-0.25, -0.2) is 0 Å². The molecule has 1 amide bonds. The lowest BCUT2D eigenvalue weighted by Crippen LogP contribution is -2.38. The van der Waals surface area contributed by atoms with E-state index in [2.05, 4.69) is 5.32 Å². The van der Waals surface area contributed by atoms with Crippen LogP contribution in [0.2, 0.25) is 0 Å². The van der Waals surface area contributed by atoms with E-state index < -0.39 is 0 Å². The lowest BCUT2D eigenvalue weighted by Gasteiger charge is -2.17. The van der Waals surface area contributed by atoms with Crippen LogP contribution in [0.3, 0.4) is 0 Å². The van der Waals surface area contributed by atoms with Crippen molar-refractivity contribution in [3.63, 3.8) is 0 Å². The van der Waals surface area contributed by atoms with Gasteiger partial charge in [-0.2, -0.15) is 0 Å². The largest absolute Gasteiger partial charge is 0.378 e. The van der Waals surface area contributed by atoms with E-state index in [0.29, 0.717) is 19.1 Å². The highest BCUT2D eigenvalue weighted by atomic mass is 35.5. The molecule has 3 nitrogen and oxygen atoms in total. The number of nitrogens with one attached hydrogen (secondary N) is 1. The summed E-state index contributed by atoms with van der Waals surface area (Å²) in [5.74, 6) is 0.455. The van der Waals surface area contributed by atoms with Crippen molar-refractivity contribution in [1.29, 1.82) is 0 Å². The van der Waals surface area contributed by atoms with Gasteiger partial charge in [-0.15, -0.1) is 11.6 Å². The number of hydrogen-bond donors (Lipinski definition) is 1. The molecule has 1 aliphatic rings. The number of halogens is 1. The summed E-state index contributed by atoms with van der Waals surface area (Å²) < 4.78 is 5.35. The van der Waals surface area contributed by atoms with Gasteiger partial charge in [0, 0.05) is 13.2 Å². The highest BCUT2D eigenvalue weighted by Gasteiger charge is 2.30. The van der Waals surface area contributed by atoms with E-state index in [1.54, 1.807) is 0 Å². The maximum absolute atomic E-state index is 11.7. The Kier molecular flexibility index (Phi) is 4.87. The second kappa shape index (κ2) is 5.71. The Bertz CT molecular complexity index is 221. The first-order valence-electron chi connectivity index (χ1n) is 5.55. The molecule has 3 atom stereocenters. The lowest BCUT2D eigenvalue weighted by atomic mass is 10.0. The van der Waals surface area contributed by atoms with Gasteiger partial charge in [0.25, 0.3) is 0 Å². The van der Waals surface area contributed by atoms with Gasteiger partial charge in [-0.05, 0) is 19.3 Å². The van der Waals surface area contributed by atoms with Gasteiger partial charge in [-0.3, -0.25) is 4.79 Å². The molecule has 4 heteroatoms. The van der Waals surface area contributed by atoms with E-state index in [-0.39, 0.29) is 23.3 Å². The molecular formula is C11H20ClNO2. The monoisotopic (exact) mass is 233 g/mol. The molecule has 88 valence electrons. The topological polar surface area (TPSA) is 38.3 Å². The van der Waals surface area contributed by atoms with E-state index in [1.165, 1.54) is 0 Å². The molecule has 0 aromatic rings. The molecule has 0 aromatic heterocycles. The Labute approximate surface area is 96.5 Å². The molecule has 1 heterocycles. The summed E-state index contributed by atoms with van der Waals surface area (Å²) in [5, 5.41) is 2.89. The number of carbonyl (C=O) groups is 1. The highest BCUT2D eigenvalue weighted by Crippen LogP contribution is 2.20. The Hall–Kier alpha value is -0.280. The van der Waals surface area contributed by atoms with Gasteiger partial charge in [0.1, 0.15) is 0 Å². The first kappa shape index (κ1) is 12.8. The smallest absolute Gasteiger partial charge is 0.225 e. The first-order valence-corrected chi connectivity index (χ1v) is 5.99. The van der Waals surface area contributed by atoms with Crippen LogP contribution in [0.1, 0.15) is 27.2 Å². The van der Waals surface area contributed by atoms with Crippen molar-refractivity contribution < 1.29 is 9.53 Å². The van der Waals surface area contributed by atoms with Gasteiger partial charge in [0.15, 0.2) is 0 Å². The Morgan fingerprint density at radius 1 is 1.60 bits per heavy atom. The molecule has 1 aliphatic heterocycles. The Balaban J connectivity index is 2.29. The standard InChI is InChI=1S/C11H20ClNO2/c1-7(2)10(12)6-13-11(14)9-4-5-15-8(9)3/h7-10H,4-6H2,1-3H3,(H,13,14). The molecule has 0 bridgehead atoms. The van der Waals surface area contributed by atoms with E-state index in [9.17, 15) is 4.79 Å². The number of carbonyl (C=O) groups excluding carboxylic acids is 1. The number of alkyl halides is 1. The SMILES string of the molecule is CC(C)C(Cl)CNC(=O)C1CCOC1C. The second-order valence-corrected chi connectivity index (χ2v) is 5.04. The number of hydrogen-bond acceptors (Lipinski definition) is 2. The van der Waals surface area contributed by atoms with Gasteiger partial charge in [-0.1, -0.05) is 13.8 Å². The molecule has 1 fully saturated rings. The first-order chi connectivity index (χ1) is 7.02. The third kappa shape index (κ3) is 3.65. The van der Waals surface area contributed by atoms with Crippen LogP contribution in [0.5, 0.6) is 0 Å². The third-order valence-electron chi connectivity index (χ3n) is 2.91. The van der Waals surface area contributed by atoms with Crippen molar-refractivity contribution in [2.24, 2.45) is 11.8 Å². The molecule has 1 rings (SSSR count). The van der Waals surface area contributed by atoms with Crippen molar-refractivity contribution in [3.05, 3.63) is 0 Å². The zero-order valence-corrected chi connectivity index (χ0v) is 10.4. The van der Waals surface area contributed by atoms with Gasteiger partial charge < -0.3 is 10.1 Å². The van der Waals surface area contributed by atoms with Crippen LogP contribution in [0.25, 0.3) is 0 Å². The summed E-state index contributed by atoms with van der Waals surface area (Å²) >= 11 is 6.06. The van der Waals surface area contributed by atoms with Crippen LogP contribution in [0, 0.1) is 11.8 Å². The molecule has 0 saturated carbocycles. The summed E-state index contributed by atoms with van der Waals surface area (Å²) in [6, 6.07) is 0. The van der Waals surface area contributed by atoms with Crippen LogP contribution in [-0.2, 0) is 9.53 Å². The minimum atomic E-state index is 0.000953. The quantitative estimate of drug-likeness (QED) is 0.752. The van der Waals surface area contributed by atoms with E-state index in [1.807, 2.05) is 20.8 Å². The summed E-state index contributed by atoms with van der Waals surface area (Å²) in [6.07, 6.45) is 0.861. The molecule has 1 saturated heterocycles. The van der Waals surface area contributed by atoms with E-state index in [4.69, 9.17) is 16.3 Å². The van der Waals surface area contributed by atoms with Crippen LogP contribution >= 0.6 is 11.6 Å². The molecule has 0 spiro atoms. The van der Waals surface area contributed by atoms with Crippen LogP contribution in [0.15, 0.2) is 0 Å². The van der Waals surface area contributed by atoms with E-state index >= 15 is 0 Å². The number of rotatable bonds is 4. The van der Waals surface area contributed by atoms with Gasteiger partial charge >= 0.3 is 0 Å². The van der Waals surface area contributed by atoms with Crippen LogP contribution in [0.4, 0.5) is 0 Å². The predicted octanol–water partition coefficient (Wildman–Crippen LogP) is 1.79. The van der Waals surface area contributed by atoms with Gasteiger partial charge in [0.2, 0.25) is 5.91 Å². The summed E-state index contributed by atoms with van der Waals surface area (Å²) in [7, 11) is 0. The fourth-order valence-electron chi connectivity index (χ4n) is 1.64. The molecular weight excluding hydrogens is 214 g/mol. The molecule has 15 heavy (non-hydrogen) atoms. The fourth-order valence-corrected chi connectivity index (χ4v) is 1.72. The third-order valence-corrected chi connectivity index (χ3v) is 3.57. The Morgan fingerprint density at radius 3 is 2.73 bits per heavy atom. The number of ether oxygens (including phenoxy) is 1. The maximum atomic E-state index is 11.7. The minimum Gasteiger partial charge on any atom is -0.378 e. The van der Waals surface area contributed by atoms with Crippen molar-refractivity contribution in [2.75, 3.05) is 13.2 Å². The summed E-state index contributed by atoms with van der Waals surface area (Å²) in [6.45, 7) is 7.27. The van der Waals surface area contributed by atoms with Crippen molar-refractivity contribution >= 4 is 17.5 Å². The average molecular weight is 234 g/mol. The molecule has 0 aromatic carbocycles. The minimum absolute atomic E-state index is 0.000953. The zero-order valence-electron chi connectivity index (χ0n) is 9.63. The molecule has 0 radical (unpaired) electrons.